The largest absolute Gasteiger partial charge is 0.326 e. The monoisotopic (exact) mass is 409 g/mol. The van der Waals surface area contributed by atoms with Crippen molar-refractivity contribution in [3.63, 3.8) is 0 Å². The molecule has 1 aromatic carbocycles. The van der Waals surface area contributed by atoms with E-state index in [2.05, 4.69) is 15.3 Å². The van der Waals surface area contributed by atoms with Gasteiger partial charge in [0, 0.05) is 29.6 Å². The predicted octanol–water partition coefficient (Wildman–Crippen LogP) is 5.48. The van der Waals surface area contributed by atoms with Crippen LogP contribution in [-0.4, -0.2) is 22.9 Å². The number of aromatic nitrogens is 1. The van der Waals surface area contributed by atoms with Crippen molar-refractivity contribution >= 4 is 40.9 Å². The topological polar surface area (TPSA) is 71.4 Å². The van der Waals surface area contributed by atoms with Gasteiger partial charge in [0.15, 0.2) is 5.78 Å². The lowest BCUT2D eigenvalue weighted by Gasteiger charge is -2.34. The van der Waals surface area contributed by atoms with Crippen LogP contribution in [0, 0.1) is 17.3 Å². The zero-order valence-electron chi connectivity index (χ0n) is 16.4. The molecule has 0 saturated heterocycles. The molecule has 6 heteroatoms. The number of para-hydroxylation sites is 1. The highest BCUT2D eigenvalue weighted by molar-refractivity contribution is 6.29. The Labute approximate surface area is 175 Å². The Morgan fingerprint density at radius 1 is 1.21 bits per heavy atom. The summed E-state index contributed by atoms with van der Waals surface area (Å²) < 4.78 is 0. The quantitative estimate of drug-likeness (QED) is 0.680. The summed E-state index contributed by atoms with van der Waals surface area (Å²) >= 11 is 5.88. The van der Waals surface area contributed by atoms with E-state index in [9.17, 15) is 9.59 Å². The van der Waals surface area contributed by atoms with Crippen LogP contribution in [0.25, 0.3) is 0 Å². The van der Waals surface area contributed by atoms with Crippen molar-refractivity contribution in [2.45, 2.75) is 39.0 Å². The summed E-state index contributed by atoms with van der Waals surface area (Å²) in [5, 5.41) is 3.30. The van der Waals surface area contributed by atoms with Crippen LogP contribution in [0.5, 0.6) is 0 Å². The maximum Gasteiger partial charge on any atom is 0.227 e. The smallest absolute Gasteiger partial charge is 0.227 e. The van der Waals surface area contributed by atoms with Crippen LogP contribution in [0.1, 0.15) is 49.4 Å². The first kappa shape index (κ1) is 19.8. The van der Waals surface area contributed by atoms with Gasteiger partial charge < -0.3 is 5.32 Å². The molecule has 1 aromatic heterocycles. The van der Waals surface area contributed by atoms with Gasteiger partial charge in [-0.05, 0) is 69.2 Å². The molecule has 1 amide bonds. The van der Waals surface area contributed by atoms with Gasteiger partial charge in [0.2, 0.25) is 5.91 Å². The minimum absolute atomic E-state index is 0.0116. The molecule has 1 aliphatic heterocycles. The van der Waals surface area contributed by atoms with E-state index in [1.807, 2.05) is 37.4 Å². The number of amides is 1. The summed E-state index contributed by atoms with van der Waals surface area (Å²) in [6, 6.07) is 10.9. The van der Waals surface area contributed by atoms with E-state index in [1.54, 1.807) is 18.3 Å². The zero-order valence-corrected chi connectivity index (χ0v) is 17.2. The standard InChI is InChI=1S/C23H24ClN3O2/c1-23(14-26-19-5-3-2-4-18(19)21(23)28)13-15-6-8-16(9-7-15)22(29)27-17-10-11-25-20(24)12-17/h2-5,10-12,14-16H,6-9,13H2,1H3,(H,25,27,29). The second-order valence-corrected chi connectivity index (χ2v) is 8.69. The van der Waals surface area contributed by atoms with Crippen LogP contribution in [0.15, 0.2) is 47.6 Å². The minimum atomic E-state index is -0.568. The van der Waals surface area contributed by atoms with Crippen LogP contribution >= 0.6 is 11.6 Å². The summed E-state index contributed by atoms with van der Waals surface area (Å²) in [6.07, 6.45) is 7.71. The van der Waals surface area contributed by atoms with Crippen LogP contribution in [0.4, 0.5) is 11.4 Å². The number of hydrogen-bond acceptors (Lipinski definition) is 4. The molecule has 1 unspecified atom stereocenters. The molecule has 0 bridgehead atoms. The molecule has 29 heavy (non-hydrogen) atoms. The number of rotatable bonds is 4. The number of carbonyl (C=O) groups excluding carboxylic acids is 2. The number of anilines is 1. The molecule has 4 rings (SSSR count). The molecule has 0 radical (unpaired) electrons. The molecule has 2 heterocycles. The maximum absolute atomic E-state index is 13.0. The average Bonchev–Trinajstić information content (AvgIpc) is 2.72. The van der Waals surface area contributed by atoms with Gasteiger partial charge in [-0.2, -0.15) is 0 Å². The van der Waals surface area contributed by atoms with Gasteiger partial charge >= 0.3 is 0 Å². The zero-order chi connectivity index (χ0) is 20.4. The molecule has 2 aromatic rings. The fourth-order valence-corrected chi connectivity index (χ4v) is 4.63. The molecule has 1 fully saturated rings. The van der Waals surface area contributed by atoms with E-state index >= 15 is 0 Å². The van der Waals surface area contributed by atoms with E-state index in [0.29, 0.717) is 22.3 Å². The van der Waals surface area contributed by atoms with Crippen molar-refractivity contribution < 1.29 is 9.59 Å². The Balaban J connectivity index is 1.34. The third-order valence-corrected chi connectivity index (χ3v) is 6.29. The fraction of sp³-hybridized carbons (Fsp3) is 0.391. The Bertz CT molecular complexity index is 966. The molecule has 0 spiro atoms. The van der Waals surface area contributed by atoms with E-state index in [4.69, 9.17) is 11.6 Å². The summed E-state index contributed by atoms with van der Waals surface area (Å²) in [6.45, 7) is 1.99. The lowest BCUT2D eigenvalue weighted by atomic mass is 9.70. The molecule has 1 aliphatic carbocycles. The van der Waals surface area contributed by atoms with Gasteiger partial charge in [-0.25, -0.2) is 4.98 Å². The number of ketones is 1. The average molecular weight is 410 g/mol. The highest BCUT2D eigenvalue weighted by Crippen LogP contribution is 2.41. The second kappa shape index (κ2) is 8.07. The van der Waals surface area contributed by atoms with E-state index in [0.717, 1.165) is 37.8 Å². The van der Waals surface area contributed by atoms with Gasteiger partial charge in [-0.15, -0.1) is 0 Å². The maximum atomic E-state index is 13.0. The summed E-state index contributed by atoms with van der Waals surface area (Å²) in [7, 11) is 0. The SMILES string of the molecule is CC1(CC2CCC(C(=O)Nc3ccnc(Cl)c3)CC2)C=Nc2ccccc2C1=O. The molecule has 1 N–H and O–H groups in total. The van der Waals surface area contributed by atoms with Crippen molar-refractivity contribution in [3.8, 4) is 0 Å². The number of fused-ring (bicyclic) bond motifs is 1. The fourth-order valence-electron chi connectivity index (χ4n) is 4.45. The first-order valence-corrected chi connectivity index (χ1v) is 10.4. The Hall–Kier alpha value is -2.53. The normalized spacial score (nSPS) is 26.1. The van der Waals surface area contributed by atoms with Crippen LogP contribution < -0.4 is 5.32 Å². The highest BCUT2D eigenvalue weighted by Gasteiger charge is 2.39. The molecule has 150 valence electrons. The van der Waals surface area contributed by atoms with Crippen molar-refractivity contribution in [2.24, 2.45) is 22.2 Å². The summed E-state index contributed by atoms with van der Waals surface area (Å²) in [5.41, 5.74) is 1.57. The molecule has 2 aliphatic rings. The third-order valence-electron chi connectivity index (χ3n) is 6.08. The lowest BCUT2D eigenvalue weighted by Crippen LogP contribution is -2.36. The van der Waals surface area contributed by atoms with E-state index in [1.165, 1.54) is 0 Å². The first-order chi connectivity index (χ1) is 13.9. The number of nitrogens with one attached hydrogen (secondary N) is 1. The van der Waals surface area contributed by atoms with Crippen molar-refractivity contribution in [1.82, 2.24) is 4.98 Å². The van der Waals surface area contributed by atoms with E-state index in [-0.39, 0.29) is 17.6 Å². The second-order valence-electron chi connectivity index (χ2n) is 8.30. The number of carbonyl (C=O) groups is 2. The van der Waals surface area contributed by atoms with Gasteiger partial charge in [0.05, 0.1) is 11.1 Å². The lowest BCUT2D eigenvalue weighted by molar-refractivity contribution is -0.121. The van der Waals surface area contributed by atoms with E-state index < -0.39 is 5.41 Å². The van der Waals surface area contributed by atoms with Crippen LogP contribution in [0.2, 0.25) is 5.15 Å². The molecular formula is C23H24ClN3O2. The van der Waals surface area contributed by atoms with Crippen molar-refractivity contribution in [1.29, 1.82) is 0 Å². The van der Waals surface area contributed by atoms with Crippen LogP contribution in [-0.2, 0) is 4.79 Å². The number of nitrogens with zero attached hydrogens (tertiary/aromatic N) is 2. The molecule has 1 atom stereocenters. The number of hydrogen-bond donors (Lipinski definition) is 1. The number of pyridine rings is 1. The van der Waals surface area contributed by atoms with Gasteiger partial charge in [-0.3, -0.25) is 14.6 Å². The van der Waals surface area contributed by atoms with Crippen molar-refractivity contribution in [2.75, 3.05) is 5.32 Å². The number of benzene rings is 1. The highest BCUT2D eigenvalue weighted by atomic mass is 35.5. The predicted molar refractivity (Wildman–Crippen MR) is 115 cm³/mol. The summed E-state index contributed by atoms with van der Waals surface area (Å²) in [4.78, 5) is 34.1. The number of halogens is 1. The van der Waals surface area contributed by atoms with Crippen molar-refractivity contribution in [3.05, 3.63) is 53.3 Å². The van der Waals surface area contributed by atoms with Gasteiger partial charge in [0.25, 0.3) is 0 Å². The first-order valence-electron chi connectivity index (χ1n) is 10.1. The Morgan fingerprint density at radius 3 is 2.72 bits per heavy atom. The molecule has 1 saturated carbocycles. The Kier molecular flexibility index (Phi) is 5.50. The summed E-state index contributed by atoms with van der Waals surface area (Å²) in [5.74, 6) is 0.584. The number of aliphatic imine (C=N–C) groups is 1. The molecular weight excluding hydrogens is 386 g/mol. The van der Waals surface area contributed by atoms with Gasteiger partial charge in [0.1, 0.15) is 5.15 Å². The Morgan fingerprint density at radius 2 is 1.97 bits per heavy atom. The number of Topliss-reactive ketones (excluding diaryl/α,β-unsaturated/α-hetero) is 1. The minimum Gasteiger partial charge on any atom is -0.326 e. The third kappa shape index (κ3) is 4.25. The van der Waals surface area contributed by atoms with Crippen LogP contribution in [0.3, 0.4) is 0 Å². The van der Waals surface area contributed by atoms with Gasteiger partial charge in [-0.1, -0.05) is 23.7 Å². The molecule has 5 nitrogen and oxygen atoms in total.